The highest BCUT2D eigenvalue weighted by atomic mass is 35.5. The van der Waals surface area contributed by atoms with Gasteiger partial charge in [0.05, 0.1) is 6.04 Å². The predicted octanol–water partition coefficient (Wildman–Crippen LogP) is 5.02. The minimum Gasteiger partial charge on any atom is -0.482 e. The van der Waals surface area contributed by atoms with Crippen molar-refractivity contribution >= 4 is 23.7 Å². The van der Waals surface area contributed by atoms with E-state index >= 15 is 0 Å². The van der Waals surface area contributed by atoms with Gasteiger partial charge in [-0.3, -0.25) is 0 Å². The molecule has 0 saturated carbocycles. The summed E-state index contributed by atoms with van der Waals surface area (Å²) in [6, 6.07) is 21.5. The van der Waals surface area contributed by atoms with Gasteiger partial charge in [0.15, 0.2) is 6.61 Å². The molecule has 4 rings (SSSR count). The molecule has 1 aliphatic heterocycles. The van der Waals surface area contributed by atoms with Crippen LogP contribution in [0.4, 0.5) is 4.79 Å². The third-order valence-electron chi connectivity index (χ3n) is 5.25. The monoisotopic (exact) mass is 467 g/mol. The second kappa shape index (κ2) is 10.4. The van der Waals surface area contributed by atoms with Crippen LogP contribution in [0, 0.1) is 0 Å². The molecule has 1 aliphatic rings. The van der Waals surface area contributed by atoms with Gasteiger partial charge in [-0.15, -0.1) is 5.06 Å². The number of nitrogens with zero attached hydrogens (tertiary/aromatic N) is 1. The smallest absolute Gasteiger partial charge is 0.482 e. The molecule has 0 aliphatic carbocycles. The summed E-state index contributed by atoms with van der Waals surface area (Å²) in [7, 11) is 0. The average molecular weight is 468 g/mol. The summed E-state index contributed by atoms with van der Waals surface area (Å²) in [5.41, 5.74) is 3.42. The van der Waals surface area contributed by atoms with Crippen LogP contribution in [-0.2, 0) is 27.4 Å². The van der Waals surface area contributed by atoms with Crippen LogP contribution in [0.2, 0.25) is 5.02 Å². The number of rotatable bonds is 7. The Balaban J connectivity index is 1.62. The van der Waals surface area contributed by atoms with Crippen LogP contribution in [-0.4, -0.2) is 35.4 Å². The highest BCUT2D eigenvalue weighted by Crippen LogP contribution is 2.40. The Labute approximate surface area is 196 Å². The number of aliphatic carboxylic acids is 1. The summed E-state index contributed by atoms with van der Waals surface area (Å²) >= 11 is 6.27. The van der Waals surface area contributed by atoms with E-state index in [1.807, 2.05) is 54.6 Å². The van der Waals surface area contributed by atoms with Crippen molar-refractivity contribution in [3.05, 3.63) is 100 Å². The van der Waals surface area contributed by atoms with Crippen molar-refractivity contribution in [2.45, 2.75) is 19.1 Å². The van der Waals surface area contributed by atoms with E-state index in [1.165, 1.54) is 5.06 Å². The van der Waals surface area contributed by atoms with E-state index in [1.54, 1.807) is 18.2 Å². The Kier molecular flexibility index (Phi) is 7.12. The number of hydroxylamine groups is 2. The lowest BCUT2D eigenvalue weighted by Gasteiger charge is -2.36. The van der Waals surface area contributed by atoms with E-state index in [2.05, 4.69) is 0 Å². The molecule has 170 valence electrons. The number of carbonyl (C=O) groups excluding carboxylic acids is 1. The molecular formula is C25H22ClNO6. The first-order valence-corrected chi connectivity index (χ1v) is 10.8. The van der Waals surface area contributed by atoms with Gasteiger partial charge in [-0.05, 0) is 41.3 Å². The number of carboxylic acids is 1. The molecule has 0 radical (unpaired) electrons. The first-order chi connectivity index (χ1) is 16.0. The van der Waals surface area contributed by atoms with Gasteiger partial charge in [0.2, 0.25) is 0 Å². The van der Waals surface area contributed by atoms with Crippen LogP contribution >= 0.6 is 11.6 Å². The van der Waals surface area contributed by atoms with Gasteiger partial charge in [-0.25, -0.2) is 9.59 Å². The van der Waals surface area contributed by atoms with Gasteiger partial charge >= 0.3 is 12.1 Å². The van der Waals surface area contributed by atoms with Crippen molar-refractivity contribution in [1.82, 2.24) is 5.06 Å². The molecule has 0 amide bonds. The molecule has 0 spiro atoms. The maximum Gasteiger partial charge on any atom is 0.528 e. The molecular weight excluding hydrogens is 446 g/mol. The molecule has 33 heavy (non-hydrogen) atoms. The number of hydrogen-bond acceptors (Lipinski definition) is 6. The molecule has 1 atom stereocenters. The zero-order valence-electron chi connectivity index (χ0n) is 17.6. The molecule has 0 saturated heterocycles. The normalized spacial score (nSPS) is 15.4. The molecule has 8 heteroatoms. The predicted molar refractivity (Wildman–Crippen MR) is 121 cm³/mol. The standard InChI is InChI=1S/C25H22ClNO6/c26-19-10-11-22(31-16-23(28)29)21(14-19)24-20-9-5-4-8-18(20)12-13-27(24)33-25(30)32-15-17-6-2-1-3-7-17/h1-11,14,24H,12-13,15-16H2,(H,28,29)/t24-/m0/s1. The molecule has 0 unspecified atom stereocenters. The molecule has 0 fully saturated rings. The van der Waals surface area contributed by atoms with E-state index < -0.39 is 24.8 Å². The summed E-state index contributed by atoms with van der Waals surface area (Å²) < 4.78 is 10.8. The summed E-state index contributed by atoms with van der Waals surface area (Å²) in [5.74, 6) is -0.757. The van der Waals surface area contributed by atoms with Gasteiger partial charge in [-0.2, -0.15) is 0 Å². The lowest BCUT2D eigenvalue weighted by atomic mass is 9.89. The number of fused-ring (bicyclic) bond motifs is 1. The fourth-order valence-electron chi connectivity index (χ4n) is 3.81. The fourth-order valence-corrected chi connectivity index (χ4v) is 3.99. The minimum atomic E-state index is -1.10. The van der Waals surface area contributed by atoms with Crippen LogP contribution in [0.5, 0.6) is 5.75 Å². The Hall–Kier alpha value is -3.55. The largest absolute Gasteiger partial charge is 0.528 e. The van der Waals surface area contributed by atoms with Crippen LogP contribution in [0.1, 0.15) is 28.3 Å². The molecule has 7 nitrogen and oxygen atoms in total. The fraction of sp³-hybridized carbons (Fsp3) is 0.200. The maximum atomic E-state index is 12.5. The molecule has 1 heterocycles. The van der Waals surface area contributed by atoms with E-state index in [0.717, 1.165) is 16.7 Å². The SMILES string of the molecule is O=C(O)COc1ccc(Cl)cc1[C@@H]1c2ccccc2CCN1OC(=O)OCc1ccccc1. The summed E-state index contributed by atoms with van der Waals surface area (Å²) in [5, 5.41) is 11.0. The van der Waals surface area contributed by atoms with Gasteiger partial charge in [0, 0.05) is 17.1 Å². The van der Waals surface area contributed by atoms with E-state index in [-0.39, 0.29) is 6.61 Å². The molecule has 3 aromatic carbocycles. The first-order valence-electron chi connectivity index (χ1n) is 10.4. The number of benzene rings is 3. The Morgan fingerprint density at radius 3 is 2.55 bits per heavy atom. The van der Waals surface area contributed by atoms with Crippen LogP contribution in [0.25, 0.3) is 0 Å². The zero-order valence-corrected chi connectivity index (χ0v) is 18.4. The molecule has 0 aromatic heterocycles. The average Bonchev–Trinajstić information content (AvgIpc) is 2.82. The van der Waals surface area contributed by atoms with Gasteiger partial charge in [-0.1, -0.05) is 66.2 Å². The lowest BCUT2D eigenvalue weighted by Crippen LogP contribution is -2.38. The summed E-state index contributed by atoms with van der Waals surface area (Å²) in [6.07, 6.45) is -0.178. The Morgan fingerprint density at radius 2 is 1.76 bits per heavy atom. The molecule has 3 aromatic rings. The Bertz CT molecular complexity index is 1140. The van der Waals surface area contributed by atoms with Crippen molar-refractivity contribution in [2.75, 3.05) is 13.2 Å². The lowest BCUT2D eigenvalue weighted by molar-refractivity contribution is -0.152. The van der Waals surface area contributed by atoms with Crippen LogP contribution in [0.3, 0.4) is 0 Å². The highest BCUT2D eigenvalue weighted by Gasteiger charge is 2.34. The summed E-state index contributed by atoms with van der Waals surface area (Å²) in [4.78, 5) is 29.2. The van der Waals surface area contributed by atoms with Gasteiger partial charge in [0.1, 0.15) is 12.4 Å². The van der Waals surface area contributed by atoms with E-state index in [0.29, 0.717) is 29.3 Å². The second-order valence-electron chi connectivity index (χ2n) is 7.47. The number of halogens is 1. The van der Waals surface area contributed by atoms with Crippen molar-refractivity contribution in [1.29, 1.82) is 0 Å². The third-order valence-corrected chi connectivity index (χ3v) is 5.48. The van der Waals surface area contributed by atoms with Crippen molar-refractivity contribution < 1.29 is 29.0 Å². The van der Waals surface area contributed by atoms with Crippen molar-refractivity contribution in [2.24, 2.45) is 0 Å². The van der Waals surface area contributed by atoms with Crippen molar-refractivity contribution in [3.63, 3.8) is 0 Å². The topological polar surface area (TPSA) is 85.3 Å². The quantitative estimate of drug-likeness (QED) is 0.488. The van der Waals surface area contributed by atoms with E-state index in [4.69, 9.17) is 31.0 Å². The van der Waals surface area contributed by atoms with Crippen LogP contribution in [0.15, 0.2) is 72.8 Å². The summed E-state index contributed by atoms with van der Waals surface area (Å²) in [6.45, 7) is -0.0190. The second-order valence-corrected chi connectivity index (χ2v) is 7.91. The highest BCUT2D eigenvalue weighted by molar-refractivity contribution is 6.30. The van der Waals surface area contributed by atoms with Gasteiger partial charge < -0.3 is 19.4 Å². The van der Waals surface area contributed by atoms with Crippen LogP contribution < -0.4 is 4.74 Å². The number of hydrogen-bond donors (Lipinski definition) is 1. The third kappa shape index (κ3) is 5.63. The minimum absolute atomic E-state index is 0.0822. The van der Waals surface area contributed by atoms with E-state index in [9.17, 15) is 9.59 Å². The van der Waals surface area contributed by atoms with Crippen molar-refractivity contribution in [3.8, 4) is 5.75 Å². The zero-order chi connectivity index (χ0) is 23.2. The molecule has 1 N–H and O–H groups in total. The first kappa shape index (κ1) is 22.6. The molecule has 0 bridgehead atoms. The number of carbonyl (C=O) groups is 2. The number of ether oxygens (including phenoxy) is 2. The number of carboxylic acid groups (broad SMARTS) is 1. The van der Waals surface area contributed by atoms with Gasteiger partial charge in [0.25, 0.3) is 0 Å². The Morgan fingerprint density at radius 1 is 1.00 bits per heavy atom. The maximum absolute atomic E-state index is 12.5.